The van der Waals surface area contributed by atoms with E-state index >= 15 is 0 Å². The van der Waals surface area contributed by atoms with Crippen LogP contribution < -0.4 is 11.1 Å². The normalized spacial score (nSPS) is 13.1. The minimum atomic E-state index is 0. The number of aliphatic imine (C=N–C) groups is 1. The van der Waals surface area contributed by atoms with Crippen LogP contribution in [0.15, 0.2) is 29.3 Å². The Morgan fingerprint density at radius 1 is 1.18 bits per heavy atom. The van der Waals surface area contributed by atoms with Gasteiger partial charge in [-0.1, -0.05) is 44.4 Å². The first-order chi connectivity index (χ1) is 9.97. The monoisotopic (exact) mass is 418 g/mol. The van der Waals surface area contributed by atoms with Crippen molar-refractivity contribution in [2.24, 2.45) is 16.6 Å². The number of benzene rings is 1. The van der Waals surface area contributed by atoms with Crippen molar-refractivity contribution in [2.45, 2.75) is 39.7 Å². The van der Waals surface area contributed by atoms with Gasteiger partial charge in [-0.15, -0.1) is 24.0 Å². The van der Waals surface area contributed by atoms with Gasteiger partial charge in [0, 0.05) is 11.7 Å². The molecule has 3 N–H and O–H groups in total. The summed E-state index contributed by atoms with van der Waals surface area (Å²) in [7, 11) is 4.23. The third-order valence-corrected chi connectivity index (χ3v) is 4.03. The summed E-state index contributed by atoms with van der Waals surface area (Å²) in [6.07, 6.45) is 2.33. The van der Waals surface area contributed by atoms with Gasteiger partial charge in [-0.2, -0.15) is 0 Å². The molecule has 1 aromatic rings. The molecule has 22 heavy (non-hydrogen) atoms. The van der Waals surface area contributed by atoms with E-state index in [2.05, 4.69) is 62.2 Å². The molecule has 0 radical (unpaired) electrons. The Labute approximate surface area is 152 Å². The van der Waals surface area contributed by atoms with Crippen LogP contribution in [0.4, 0.5) is 5.69 Å². The van der Waals surface area contributed by atoms with Crippen molar-refractivity contribution in [3.63, 3.8) is 0 Å². The second-order valence-corrected chi connectivity index (χ2v) is 5.82. The number of halogens is 1. The molecule has 0 aliphatic rings. The lowest BCUT2D eigenvalue weighted by Gasteiger charge is -2.30. The third-order valence-electron chi connectivity index (χ3n) is 4.03. The van der Waals surface area contributed by atoms with Crippen LogP contribution in [-0.4, -0.2) is 37.5 Å². The van der Waals surface area contributed by atoms with E-state index in [0.29, 0.717) is 17.9 Å². The minimum absolute atomic E-state index is 0. The summed E-state index contributed by atoms with van der Waals surface area (Å²) >= 11 is 0. The molecule has 0 aliphatic carbocycles. The van der Waals surface area contributed by atoms with Crippen LogP contribution in [0.2, 0.25) is 0 Å². The lowest BCUT2D eigenvalue weighted by Crippen LogP contribution is -2.38. The summed E-state index contributed by atoms with van der Waals surface area (Å²) in [5, 5.41) is 3.15. The van der Waals surface area contributed by atoms with Gasteiger partial charge in [-0.25, -0.2) is 0 Å². The van der Waals surface area contributed by atoms with Crippen molar-refractivity contribution in [1.29, 1.82) is 0 Å². The molecular formula is C17H31IN4. The van der Waals surface area contributed by atoms with Gasteiger partial charge in [0.05, 0.1) is 6.54 Å². The molecule has 0 fully saturated rings. The Morgan fingerprint density at radius 2 is 1.73 bits per heavy atom. The van der Waals surface area contributed by atoms with E-state index in [-0.39, 0.29) is 24.0 Å². The van der Waals surface area contributed by atoms with E-state index in [0.717, 1.165) is 12.2 Å². The van der Waals surface area contributed by atoms with E-state index in [1.165, 1.54) is 18.4 Å². The fraction of sp³-hybridized carbons (Fsp3) is 0.588. The summed E-state index contributed by atoms with van der Waals surface area (Å²) in [5.74, 6) is 1.13. The smallest absolute Gasteiger partial charge is 0.193 e. The van der Waals surface area contributed by atoms with Crippen LogP contribution in [0.1, 0.15) is 32.3 Å². The maximum Gasteiger partial charge on any atom is 0.193 e. The van der Waals surface area contributed by atoms with Crippen LogP contribution in [0.25, 0.3) is 0 Å². The van der Waals surface area contributed by atoms with Gasteiger partial charge in [-0.3, -0.25) is 4.99 Å². The number of hydrogen-bond acceptors (Lipinski definition) is 2. The van der Waals surface area contributed by atoms with Crippen LogP contribution >= 0.6 is 24.0 Å². The molecular weight excluding hydrogens is 387 g/mol. The highest BCUT2D eigenvalue weighted by Gasteiger charge is 2.20. The number of guanidine groups is 1. The molecule has 0 spiro atoms. The molecule has 0 bridgehead atoms. The highest BCUT2D eigenvalue weighted by Crippen LogP contribution is 2.17. The Kier molecular flexibility index (Phi) is 10.4. The average molecular weight is 418 g/mol. The topological polar surface area (TPSA) is 53.6 Å². The number of anilines is 1. The maximum absolute atomic E-state index is 6.00. The number of aryl methyl sites for hydroxylation is 1. The second-order valence-electron chi connectivity index (χ2n) is 5.82. The molecule has 0 saturated heterocycles. The van der Waals surface area contributed by atoms with E-state index in [9.17, 15) is 0 Å². The van der Waals surface area contributed by atoms with Gasteiger partial charge in [0.1, 0.15) is 0 Å². The zero-order chi connectivity index (χ0) is 15.8. The first-order valence-electron chi connectivity index (χ1n) is 7.77. The number of nitrogens with one attached hydrogen (secondary N) is 1. The molecule has 5 heteroatoms. The van der Waals surface area contributed by atoms with Crippen molar-refractivity contribution in [1.82, 2.24) is 4.90 Å². The number of nitrogens with zero attached hydrogens (tertiary/aromatic N) is 2. The molecule has 1 rings (SSSR count). The molecule has 0 aliphatic heterocycles. The van der Waals surface area contributed by atoms with Crippen LogP contribution in [-0.2, 0) is 0 Å². The van der Waals surface area contributed by atoms with Crippen LogP contribution in [0, 0.1) is 12.8 Å². The molecule has 0 aromatic heterocycles. The molecule has 0 amide bonds. The van der Waals surface area contributed by atoms with Gasteiger partial charge >= 0.3 is 0 Å². The predicted molar refractivity (Wildman–Crippen MR) is 108 cm³/mol. The van der Waals surface area contributed by atoms with Crippen molar-refractivity contribution >= 4 is 35.6 Å². The lowest BCUT2D eigenvalue weighted by molar-refractivity contribution is 0.206. The zero-order valence-corrected chi connectivity index (χ0v) is 16.8. The number of rotatable bonds is 7. The predicted octanol–water partition coefficient (Wildman–Crippen LogP) is 3.71. The van der Waals surface area contributed by atoms with Gasteiger partial charge in [0.15, 0.2) is 5.96 Å². The van der Waals surface area contributed by atoms with Gasteiger partial charge < -0.3 is 16.0 Å². The fourth-order valence-electron chi connectivity index (χ4n) is 2.58. The standard InChI is InChI=1S/C17H30N4.HI/c1-6-14(7-2)16(21(4)5)12-19-17(18)20-15-10-8-13(3)9-11-15;/h8-11,14,16H,6-7,12H2,1-5H3,(H3,18,19,20);1H. The molecule has 126 valence electrons. The highest BCUT2D eigenvalue weighted by molar-refractivity contribution is 14.0. The van der Waals surface area contributed by atoms with E-state index in [4.69, 9.17) is 5.73 Å². The molecule has 1 unspecified atom stereocenters. The molecule has 4 nitrogen and oxygen atoms in total. The summed E-state index contributed by atoms with van der Waals surface area (Å²) in [6, 6.07) is 8.58. The minimum Gasteiger partial charge on any atom is -0.370 e. The Balaban J connectivity index is 0.00000441. The van der Waals surface area contributed by atoms with Crippen LogP contribution in [0.5, 0.6) is 0 Å². The van der Waals surface area contributed by atoms with Crippen molar-refractivity contribution in [3.8, 4) is 0 Å². The molecule has 0 heterocycles. The van der Waals surface area contributed by atoms with Crippen molar-refractivity contribution < 1.29 is 0 Å². The quantitative estimate of drug-likeness (QED) is 0.403. The third kappa shape index (κ3) is 6.96. The Morgan fingerprint density at radius 3 is 2.18 bits per heavy atom. The second kappa shape index (κ2) is 10.8. The lowest BCUT2D eigenvalue weighted by atomic mass is 9.93. The first-order valence-corrected chi connectivity index (χ1v) is 7.77. The van der Waals surface area contributed by atoms with Crippen molar-refractivity contribution in [2.75, 3.05) is 26.0 Å². The van der Waals surface area contributed by atoms with Gasteiger partial charge in [0.2, 0.25) is 0 Å². The number of hydrogen-bond donors (Lipinski definition) is 2. The Hall–Kier alpha value is -0.820. The molecule has 1 aromatic carbocycles. The van der Waals surface area contributed by atoms with E-state index in [1.54, 1.807) is 0 Å². The van der Waals surface area contributed by atoms with Gasteiger partial charge in [0.25, 0.3) is 0 Å². The maximum atomic E-state index is 6.00. The van der Waals surface area contributed by atoms with Crippen LogP contribution in [0.3, 0.4) is 0 Å². The summed E-state index contributed by atoms with van der Waals surface area (Å²) in [4.78, 5) is 6.77. The molecule has 0 saturated carbocycles. The van der Waals surface area contributed by atoms with E-state index < -0.39 is 0 Å². The SMILES string of the molecule is CCC(CC)C(CN=C(N)Nc1ccc(C)cc1)N(C)C.I. The van der Waals surface area contributed by atoms with Crippen molar-refractivity contribution in [3.05, 3.63) is 29.8 Å². The van der Waals surface area contributed by atoms with E-state index in [1.807, 2.05) is 12.1 Å². The summed E-state index contributed by atoms with van der Waals surface area (Å²) in [5.41, 5.74) is 8.21. The van der Waals surface area contributed by atoms with Gasteiger partial charge in [-0.05, 0) is 39.1 Å². The first kappa shape index (κ1) is 21.2. The largest absolute Gasteiger partial charge is 0.370 e. The highest BCUT2D eigenvalue weighted by atomic mass is 127. The number of likely N-dealkylation sites (N-methyl/N-ethyl adjacent to an activating group) is 1. The number of nitrogens with two attached hydrogens (primary N) is 1. The fourth-order valence-corrected chi connectivity index (χ4v) is 2.58. The average Bonchev–Trinajstić information content (AvgIpc) is 2.45. The Bertz CT molecular complexity index is 438. The summed E-state index contributed by atoms with van der Waals surface area (Å²) < 4.78 is 0. The molecule has 1 atom stereocenters. The zero-order valence-electron chi connectivity index (χ0n) is 14.5. The summed E-state index contributed by atoms with van der Waals surface area (Å²) in [6.45, 7) is 7.27.